The highest BCUT2D eigenvalue weighted by Gasteiger charge is 2.32. The molecule has 2 aromatic rings. The Balaban J connectivity index is 1.42. The number of likely N-dealkylation sites (N-methyl/N-ethyl adjacent to an activating group) is 1. The molecule has 2 aromatic heterocycles. The van der Waals surface area contributed by atoms with E-state index in [1.807, 2.05) is 21.8 Å². The zero-order valence-corrected chi connectivity index (χ0v) is 16.8. The maximum absolute atomic E-state index is 12.8. The first-order valence-electron chi connectivity index (χ1n) is 9.66. The van der Waals surface area contributed by atoms with Gasteiger partial charge in [0.15, 0.2) is 0 Å². The van der Waals surface area contributed by atoms with Crippen molar-refractivity contribution in [1.82, 2.24) is 29.8 Å². The molecule has 9 nitrogen and oxygen atoms in total. The van der Waals surface area contributed by atoms with Crippen LogP contribution in [0.4, 0.5) is 10.5 Å². The molecule has 2 aliphatic heterocycles. The number of nitrogens with one attached hydrogen (secondary N) is 1. The number of hydrogen-bond donors (Lipinski definition) is 1. The quantitative estimate of drug-likeness (QED) is 0.873. The zero-order valence-electron chi connectivity index (χ0n) is 16.8. The van der Waals surface area contributed by atoms with Crippen LogP contribution >= 0.6 is 0 Å². The van der Waals surface area contributed by atoms with Crippen molar-refractivity contribution < 1.29 is 9.59 Å². The number of carbonyl (C=O) groups excluding carboxylic acids is 2. The molecule has 0 aliphatic carbocycles. The van der Waals surface area contributed by atoms with Crippen molar-refractivity contribution in [3.05, 3.63) is 29.8 Å². The minimum absolute atomic E-state index is 0.00374. The number of aromatic nitrogens is 4. The van der Waals surface area contributed by atoms with Crippen LogP contribution in [0.2, 0.25) is 0 Å². The number of aromatic amines is 1. The Morgan fingerprint density at radius 2 is 2.04 bits per heavy atom. The summed E-state index contributed by atoms with van der Waals surface area (Å²) < 4.78 is 1.87. The Labute approximate surface area is 164 Å². The second-order valence-electron chi connectivity index (χ2n) is 8.64. The first kappa shape index (κ1) is 18.5. The van der Waals surface area contributed by atoms with Crippen LogP contribution in [0.15, 0.2) is 18.5 Å². The fourth-order valence-electron chi connectivity index (χ4n) is 3.67. The van der Waals surface area contributed by atoms with Gasteiger partial charge in [-0.15, -0.1) is 0 Å². The normalized spacial score (nSPS) is 20.5. The van der Waals surface area contributed by atoms with Crippen LogP contribution in [0.3, 0.4) is 0 Å². The van der Waals surface area contributed by atoms with E-state index < -0.39 is 0 Å². The van der Waals surface area contributed by atoms with Gasteiger partial charge in [-0.05, 0) is 12.5 Å². The lowest BCUT2D eigenvalue weighted by atomic mass is 9.92. The van der Waals surface area contributed by atoms with E-state index in [0.717, 1.165) is 24.3 Å². The van der Waals surface area contributed by atoms with Gasteiger partial charge in [-0.1, -0.05) is 20.8 Å². The van der Waals surface area contributed by atoms with Crippen molar-refractivity contribution in [2.75, 3.05) is 38.1 Å². The maximum atomic E-state index is 12.8. The lowest BCUT2D eigenvalue weighted by Gasteiger charge is -2.16. The topological polar surface area (TPSA) is 90.4 Å². The van der Waals surface area contributed by atoms with Crippen LogP contribution in [0.25, 0.3) is 0 Å². The Hall–Kier alpha value is -2.84. The lowest BCUT2D eigenvalue weighted by molar-refractivity contribution is 0.0781. The van der Waals surface area contributed by atoms with Crippen LogP contribution in [0, 0.1) is 0 Å². The zero-order chi connectivity index (χ0) is 20.1. The van der Waals surface area contributed by atoms with Crippen LogP contribution in [-0.4, -0.2) is 74.9 Å². The number of rotatable bonds is 3. The number of carbonyl (C=O) groups is 2. The lowest BCUT2D eigenvalue weighted by Crippen LogP contribution is -2.29. The van der Waals surface area contributed by atoms with Gasteiger partial charge < -0.3 is 9.80 Å². The molecule has 1 atom stereocenters. The number of anilines is 1. The monoisotopic (exact) mass is 385 g/mol. The van der Waals surface area contributed by atoms with E-state index in [9.17, 15) is 9.59 Å². The molecule has 1 N–H and O–H groups in total. The minimum Gasteiger partial charge on any atom is -0.335 e. The highest BCUT2D eigenvalue weighted by molar-refractivity contribution is 5.94. The molecule has 3 amide bonds. The Bertz CT molecular complexity index is 894. The molecule has 0 aromatic carbocycles. The predicted octanol–water partition coefficient (Wildman–Crippen LogP) is 1.86. The summed E-state index contributed by atoms with van der Waals surface area (Å²) in [6.45, 7) is 8.89. The van der Waals surface area contributed by atoms with Gasteiger partial charge in [0, 0.05) is 50.5 Å². The van der Waals surface area contributed by atoms with Crippen molar-refractivity contribution in [3.8, 4) is 0 Å². The van der Waals surface area contributed by atoms with E-state index in [4.69, 9.17) is 0 Å². The third-order valence-electron chi connectivity index (χ3n) is 5.55. The molecule has 0 saturated carbocycles. The highest BCUT2D eigenvalue weighted by Crippen LogP contribution is 2.27. The van der Waals surface area contributed by atoms with Crippen molar-refractivity contribution in [1.29, 1.82) is 0 Å². The van der Waals surface area contributed by atoms with Gasteiger partial charge in [0.2, 0.25) is 0 Å². The number of H-pyrrole nitrogens is 1. The van der Waals surface area contributed by atoms with Crippen LogP contribution < -0.4 is 4.90 Å². The molecule has 9 heteroatoms. The standard InChI is InChI=1S/C19H27N7O2/c1-19(2,3)16-9-15(21-22-16)17(27)24-6-5-13(11-24)26-12-14(10-20-26)25-8-7-23(4)18(25)28/h9-10,12-13H,5-8,11H2,1-4H3,(H,21,22). The minimum atomic E-state index is -0.0778. The van der Waals surface area contributed by atoms with Gasteiger partial charge in [-0.25, -0.2) is 4.79 Å². The van der Waals surface area contributed by atoms with Crippen molar-refractivity contribution in [2.24, 2.45) is 0 Å². The molecule has 1 unspecified atom stereocenters. The molecular weight excluding hydrogens is 358 g/mol. The first-order valence-corrected chi connectivity index (χ1v) is 9.66. The van der Waals surface area contributed by atoms with Gasteiger partial charge in [0.05, 0.1) is 17.9 Å². The van der Waals surface area contributed by atoms with Crippen LogP contribution in [-0.2, 0) is 5.41 Å². The third kappa shape index (κ3) is 3.25. The van der Waals surface area contributed by atoms with Crippen molar-refractivity contribution in [2.45, 2.75) is 38.6 Å². The number of amides is 3. The number of nitrogens with zero attached hydrogens (tertiary/aromatic N) is 6. The molecule has 4 heterocycles. The first-order chi connectivity index (χ1) is 13.2. The Morgan fingerprint density at radius 1 is 1.25 bits per heavy atom. The molecule has 0 radical (unpaired) electrons. The fourth-order valence-corrected chi connectivity index (χ4v) is 3.67. The Kier molecular flexibility index (Phi) is 4.40. The second kappa shape index (κ2) is 6.65. The summed E-state index contributed by atoms with van der Waals surface area (Å²) in [7, 11) is 1.80. The predicted molar refractivity (Wildman–Crippen MR) is 104 cm³/mol. The van der Waals surface area contributed by atoms with Crippen LogP contribution in [0.5, 0.6) is 0 Å². The molecular formula is C19H27N7O2. The van der Waals surface area contributed by atoms with E-state index in [-0.39, 0.29) is 23.4 Å². The van der Waals surface area contributed by atoms with Gasteiger partial charge in [-0.3, -0.25) is 19.5 Å². The van der Waals surface area contributed by atoms with Gasteiger partial charge in [-0.2, -0.15) is 10.2 Å². The molecule has 2 aliphatic rings. The van der Waals surface area contributed by atoms with Crippen LogP contribution in [0.1, 0.15) is 49.4 Å². The fraction of sp³-hybridized carbons (Fsp3) is 0.579. The maximum Gasteiger partial charge on any atom is 0.324 e. The Morgan fingerprint density at radius 3 is 2.68 bits per heavy atom. The van der Waals surface area contributed by atoms with Gasteiger partial charge >= 0.3 is 6.03 Å². The summed E-state index contributed by atoms with van der Waals surface area (Å²) in [4.78, 5) is 30.2. The SMILES string of the molecule is CN1CCN(c2cnn(C3CCN(C(=O)c4cc(C(C)(C)C)[nH]n4)C3)c2)C1=O. The molecule has 2 saturated heterocycles. The third-order valence-corrected chi connectivity index (χ3v) is 5.55. The van der Waals surface area contributed by atoms with Gasteiger partial charge in [0.1, 0.15) is 5.69 Å². The van der Waals surface area contributed by atoms with Gasteiger partial charge in [0.25, 0.3) is 5.91 Å². The molecule has 150 valence electrons. The van der Waals surface area contributed by atoms with E-state index >= 15 is 0 Å². The summed E-state index contributed by atoms with van der Waals surface area (Å²) in [5.41, 5.74) is 2.13. The average molecular weight is 385 g/mol. The number of likely N-dealkylation sites (tertiary alicyclic amines) is 1. The molecule has 0 spiro atoms. The molecule has 2 fully saturated rings. The summed E-state index contributed by atoms with van der Waals surface area (Å²) in [5.74, 6) is -0.0574. The molecule has 28 heavy (non-hydrogen) atoms. The average Bonchev–Trinajstić information content (AvgIpc) is 3.41. The van der Waals surface area contributed by atoms with Crippen molar-refractivity contribution in [3.63, 3.8) is 0 Å². The highest BCUT2D eigenvalue weighted by atomic mass is 16.2. The summed E-state index contributed by atoms with van der Waals surface area (Å²) in [6, 6.07) is 1.95. The van der Waals surface area contributed by atoms with E-state index in [1.54, 1.807) is 23.0 Å². The van der Waals surface area contributed by atoms with E-state index in [1.165, 1.54) is 0 Å². The smallest absolute Gasteiger partial charge is 0.324 e. The number of urea groups is 1. The summed E-state index contributed by atoms with van der Waals surface area (Å²) in [5, 5.41) is 11.6. The van der Waals surface area contributed by atoms with E-state index in [0.29, 0.717) is 25.3 Å². The number of hydrogen-bond acceptors (Lipinski definition) is 4. The molecule has 4 rings (SSSR count). The molecule has 0 bridgehead atoms. The summed E-state index contributed by atoms with van der Waals surface area (Å²) >= 11 is 0. The van der Waals surface area contributed by atoms with E-state index in [2.05, 4.69) is 36.1 Å². The van der Waals surface area contributed by atoms with Crippen molar-refractivity contribution >= 4 is 17.6 Å². The summed E-state index contributed by atoms with van der Waals surface area (Å²) in [6.07, 6.45) is 4.46. The largest absolute Gasteiger partial charge is 0.335 e. The second-order valence-corrected chi connectivity index (χ2v) is 8.64.